The summed E-state index contributed by atoms with van der Waals surface area (Å²) in [6, 6.07) is 6.98. The fourth-order valence-corrected chi connectivity index (χ4v) is 3.00. The molecule has 27 heavy (non-hydrogen) atoms. The van der Waals surface area contributed by atoms with Crippen LogP contribution in [-0.4, -0.2) is 20.2 Å². The fraction of sp³-hybridized carbons (Fsp3) is 0.316. The van der Waals surface area contributed by atoms with Gasteiger partial charge in [0.2, 0.25) is 0 Å². The molecule has 1 fully saturated rings. The van der Waals surface area contributed by atoms with Gasteiger partial charge in [-0.05, 0) is 25.3 Å². The van der Waals surface area contributed by atoms with E-state index >= 15 is 0 Å². The highest BCUT2D eigenvalue weighted by molar-refractivity contribution is 5.56. The lowest BCUT2D eigenvalue weighted by atomic mass is 10.0. The van der Waals surface area contributed by atoms with Crippen LogP contribution in [0.15, 0.2) is 36.7 Å². The number of nitrogens with zero attached hydrogens (tertiary/aromatic N) is 3. The zero-order valence-electron chi connectivity index (χ0n) is 14.8. The number of rotatable bonds is 7. The lowest BCUT2D eigenvalue weighted by Crippen LogP contribution is -2.13. The van der Waals surface area contributed by atoms with Gasteiger partial charge in [0.25, 0.3) is 0 Å². The van der Waals surface area contributed by atoms with Crippen LogP contribution < -0.4 is 10.6 Å². The molecule has 140 valence electrons. The van der Waals surface area contributed by atoms with Gasteiger partial charge in [-0.3, -0.25) is 5.10 Å². The maximum atomic E-state index is 14.1. The highest BCUT2D eigenvalue weighted by Crippen LogP contribution is 2.39. The van der Waals surface area contributed by atoms with Crippen molar-refractivity contribution in [3.05, 3.63) is 59.6 Å². The molecular weight excluding hydrogens is 350 g/mol. The van der Waals surface area contributed by atoms with Crippen LogP contribution >= 0.6 is 0 Å². The van der Waals surface area contributed by atoms with Crippen molar-refractivity contribution in [1.29, 1.82) is 0 Å². The fourth-order valence-electron chi connectivity index (χ4n) is 3.00. The summed E-state index contributed by atoms with van der Waals surface area (Å²) in [5, 5.41) is 13.6. The Morgan fingerprint density at radius 2 is 1.93 bits per heavy atom. The molecule has 1 atom stereocenters. The van der Waals surface area contributed by atoms with Gasteiger partial charge in [0.05, 0.1) is 6.04 Å². The topological polar surface area (TPSA) is 78.5 Å². The molecule has 2 aromatic heterocycles. The van der Waals surface area contributed by atoms with Crippen LogP contribution in [0.3, 0.4) is 0 Å². The van der Waals surface area contributed by atoms with E-state index in [1.165, 1.54) is 31.3 Å². The van der Waals surface area contributed by atoms with Gasteiger partial charge in [0.15, 0.2) is 5.82 Å². The van der Waals surface area contributed by atoms with E-state index < -0.39 is 11.6 Å². The Morgan fingerprint density at radius 3 is 2.67 bits per heavy atom. The lowest BCUT2D eigenvalue weighted by molar-refractivity contribution is 0.558. The molecule has 1 unspecified atom stereocenters. The Balaban J connectivity index is 1.48. The Labute approximate surface area is 155 Å². The SMILES string of the molecule is CCC(Nc1cc(Nc2cc(C3CC3)[nH]n2)ncn1)c1ccc(F)cc1F. The third-order valence-corrected chi connectivity index (χ3v) is 4.61. The number of aromatic amines is 1. The van der Waals surface area contributed by atoms with Crippen molar-refractivity contribution < 1.29 is 8.78 Å². The molecule has 0 saturated heterocycles. The molecule has 2 heterocycles. The van der Waals surface area contributed by atoms with Gasteiger partial charge in [-0.15, -0.1) is 0 Å². The Kier molecular flexibility index (Phi) is 4.70. The van der Waals surface area contributed by atoms with E-state index in [4.69, 9.17) is 0 Å². The first-order valence-electron chi connectivity index (χ1n) is 8.98. The van der Waals surface area contributed by atoms with Gasteiger partial charge in [-0.25, -0.2) is 18.7 Å². The summed E-state index contributed by atoms with van der Waals surface area (Å²) in [7, 11) is 0. The second kappa shape index (κ2) is 7.30. The van der Waals surface area contributed by atoms with Gasteiger partial charge in [-0.2, -0.15) is 5.10 Å². The van der Waals surface area contributed by atoms with E-state index in [0.29, 0.717) is 35.4 Å². The first kappa shape index (κ1) is 17.4. The summed E-state index contributed by atoms with van der Waals surface area (Å²) in [5.74, 6) is 1.23. The van der Waals surface area contributed by atoms with E-state index in [9.17, 15) is 8.78 Å². The summed E-state index contributed by atoms with van der Waals surface area (Å²) in [6.07, 6.45) is 4.43. The van der Waals surface area contributed by atoms with E-state index in [-0.39, 0.29) is 6.04 Å². The van der Waals surface area contributed by atoms with Crippen LogP contribution in [0.2, 0.25) is 0 Å². The first-order valence-corrected chi connectivity index (χ1v) is 8.98. The van der Waals surface area contributed by atoms with Crippen LogP contribution in [0.25, 0.3) is 0 Å². The minimum atomic E-state index is -0.593. The molecule has 0 bridgehead atoms. The summed E-state index contributed by atoms with van der Waals surface area (Å²) in [4.78, 5) is 8.40. The molecule has 3 aromatic rings. The van der Waals surface area contributed by atoms with E-state index in [0.717, 1.165) is 11.8 Å². The number of aromatic nitrogens is 4. The minimum absolute atomic E-state index is 0.333. The minimum Gasteiger partial charge on any atom is -0.363 e. The first-order chi connectivity index (χ1) is 13.1. The zero-order chi connectivity index (χ0) is 18.8. The molecule has 6 nitrogen and oxygen atoms in total. The van der Waals surface area contributed by atoms with Gasteiger partial charge in [0, 0.05) is 35.4 Å². The smallest absolute Gasteiger partial charge is 0.153 e. The molecule has 4 rings (SSSR count). The molecule has 8 heteroatoms. The van der Waals surface area contributed by atoms with Crippen LogP contribution in [-0.2, 0) is 0 Å². The Hall–Kier alpha value is -3.03. The van der Waals surface area contributed by atoms with Crippen molar-refractivity contribution in [2.24, 2.45) is 0 Å². The third-order valence-electron chi connectivity index (χ3n) is 4.61. The predicted molar refractivity (Wildman–Crippen MR) is 98.9 cm³/mol. The van der Waals surface area contributed by atoms with Crippen molar-refractivity contribution in [1.82, 2.24) is 20.2 Å². The van der Waals surface area contributed by atoms with E-state index in [1.54, 1.807) is 6.07 Å². The van der Waals surface area contributed by atoms with Gasteiger partial charge >= 0.3 is 0 Å². The quantitative estimate of drug-likeness (QED) is 0.564. The van der Waals surface area contributed by atoms with Gasteiger partial charge in [-0.1, -0.05) is 13.0 Å². The van der Waals surface area contributed by atoms with Crippen LogP contribution in [0.5, 0.6) is 0 Å². The average Bonchev–Trinajstić information content (AvgIpc) is 3.40. The maximum Gasteiger partial charge on any atom is 0.153 e. The van der Waals surface area contributed by atoms with E-state index in [1.807, 2.05) is 13.0 Å². The molecule has 0 aliphatic heterocycles. The molecule has 1 saturated carbocycles. The molecule has 0 radical (unpaired) electrons. The normalized spacial score (nSPS) is 14.8. The number of hydrogen-bond donors (Lipinski definition) is 3. The van der Waals surface area contributed by atoms with Crippen LogP contribution in [0.1, 0.15) is 49.4 Å². The second-order valence-electron chi connectivity index (χ2n) is 6.67. The Bertz CT molecular complexity index is 937. The molecule has 0 spiro atoms. The van der Waals surface area contributed by atoms with E-state index in [2.05, 4.69) is 30.8 Å². The maximum absolute atomic E-state index is 14.1. The Morgan fingerprint density at radius 1 is 1.11 bits per heavy atom. The summed E-state index contributed by atoms with van der Waals surface area (Å²) in [6.45, 7) is 1.92. The summed E-state index contributed by atoms with van der Waals surface area (Å²) < 4.78 is 27.3. The summed E-state index contributed by atoms with van der Waals surface area (Å²) >= 11 is 0. The number of nitrogens with one attached hydrogen (secondary N) is 3. The van der Waals surface area contributed by atoms with Crippen molar-refractivity contribution in [2.75, 3.05) is 10.6 Å². The number of anilines is 3. The standard InChI is InChI=1S/C19H20F2N6/c1-2-15(13-6-5-12(20)7-14(13)21)24-17-9-18(23-10-22-17)25-19-8-16(26-27-19)11-3-4-11/h5-11,15H,2-4H2,1H3,(H3,22,23,24,25,26,27). The molecule has 1 aliphatic carbocycles. The number of benzene rings is 1. The van der Waals surface area contributed by atoms with Crippen molar-refractivity contribution in [2.45, 2.75) is 38.1 Å². The van der Waals surface area contributed by atoms with Crippen LogP contribution in [0, 0.1) is 11.6 Å². The number of halogens is 2. The zero-order valence-corrected chi connectivity index (χ0v) is 14.8. The monoisotopic (exact) mass is 370 g/mol. The largest absolute Gasteiger partial charge is 0.363 e. The predicted octanol–water partition coefficient (Wildman–Crippen LogP) is 4.66. The van der Waals surface area contributed by atoms with Gasteiger partial charge < -0.3 is 10.6 Å². The molecule has 1 aliphatic rings. The summed E-state index contributed by atoms with van der Waals surface area (Å²) in [5.41, 5.74) is 1.52. The van der Waals surface area contributed by atoms with Crippen molar-refractivity contribution >= 4 is 17.5 Å². The molecule has 1 aromatic carbocycles. The average molecular weight is 370 g/mol. The molecule has 0 amide bonds. The van der Waals surface area contributed by atoms with Crippen molar-refractivity contribution in [3.63, 3.8) is 0 Å². The highest BCUT2D eigenvalue weighted by Gasteiger charge is 2.25. The molecule has 3 N–H and O–H groups in total. The number of H-pyrrole nitrogens is 1. The number of hydrogen-bond acceptors (Lipinski definition) is 5. The second-order valence-corrected chi connectivity index (χ2v) is 6.67. The molecular formula is C19H20F2N6. The third kappa shape index (κ3) is 4.05. The lowest BCUT2D eigenvalue weighted by Gasteiger charge is -2.19. The van der Waals surface area contributed by atoms with Gasteiger partial charge in [0.1, 0.15) is 29.6 Å². The highest BCUT2D eigenvalue weighted by atomic mass is 19.1. The van der Waals surface area contributed by atoms with Crippen molar-refractivity contribution in [3.8, 4) is 0 Å². The van der Waals surface area contributed by atoms with Crippen LogP contribution in [0.4, 0.5) is 26.2 Å².